The molecule has 1 unspecified atom stereocenters. The fourth-order valence-corrected chi connectivity index (χ4v) is 1.18. The van der Waals surface area contributed by atoms with Crippen molar-refractivity contribution in [1.29, 1.82) is 0 Å². The molecule has 1 atom stereocenters. The van der Waals surface area contributed by atoms with Gasteiger partial charge in [-0.15, -0.1) is 0 Å². The zero-order chi connectivity index (χ0) is 9.99. The SMILES string of the molecule is CCC(OP(=O)([O-])[O-])C(O)(O)O.[Zn+2]. The second-order valence-electron chi connectivity index (χ2n) is 2.14. The Balaban J connectivity index is 0. The van der Waals surface area contributed by atoms with Crippen LogP contribution in [0.5, 0.6) is 0 Å². The summed E-state index contributed by atoms with van der Waals surface area (Å²) < 4.78 is 13.6. The van der Waals surface area contributed by atoms with Gasteiger partial charge in [-0.25, -0.2) is 0 Å². The van der Waals surface area contributed by atoms with E-state index >= 15 is 0 Å². The summed E-state index contributed by atoms with van der Waals surface area (Å²) in [5.74, 6) is -3.32. The second-order valence-corrected chi connectivity index (χ2v) is 3.24. The van der Waals surface area contributed by atoms with Crippen LogP contribution in [-0.2, 0) is 28.6 Å². The zero-order valence-corrected chi connectivity index (χ0v) is 10.8. The van der Waals surface area contributed by atoms with Crippen molar-refractivity contribution in [3.63, 3.8) is 0 Å². The molecule has 0 aliphatic carbocycles. The van der Waals surface area contributed by atoms with E-state index in [9.17, 15) is 14.4 Å². The van der Waals surface area contributed by atoms with Gasteiger partial charge in [-0.1, -0.05) is 6.92 Å². The van der Waals surface area contributed by atoms with Crippen molar-refractivity contribution >= 4 is 7.82 Å². The van der Waals surface area contributed by atoms with E-state index in [-0.39, 0.29) is 25.9 Å². The van der Waals surface area contributed by atoms with Crippen molar-refractivity contribution in [2.45, 2.75) is 25.4 Å². The Hall–Kier alpha value is 0.613. The average Bonchev–Trinajstić information content (AvgIpc) is 1.78. The van der Waals surface area contributed by atoms with Crippen LogP contribution < -0.4 is 9.79 Å². The third kappa shape index (κ3) is 7.67. The molecule has 0 amide bonds. The van der Waals surface area contributed by atoms with Gasteiger partial charge in [0.05, 0.1) is 7.82 Å². The fraction of sp³-hybridized carbons (Fsp3) is 1.00. The summed E-state index contributed by atoms with van der Waals surface area (Å²) in [6, 6.07) is 0. The molecule has 13 heavy (non-hydrogen) atoms. The van der Waals surface area contributed by atoms with Crippen LogP contribution >= 0.6 is 7.82 Å². The summed E-state index contributed by atoms with van der Waals surface area (Å²) in [4.78, 5) is 19.9. The molecule has 0 aliphatic rings. The maximum Gasteiger partial charge on any atom is 2.00 e. The summed E-state index contributed by atoms with van der Waals surface area (Å²) >= 11 is 0. The Morgan fingerprint density at radius 3 is 1.92 bits per heavy atom. The van der Waals surface area contributed by atoms with Gasteiger partial charge in [0.25, 0.3) is 0 Å². The summed E-state index contributed by atoms with van der Waals surface area (Å²) in [5.41, 5.74) is 0. The Morgan fingerprint density at radius 1 is 1.46 bits per heavy atom. The topological polar surface area (TPSA) is 133 Å². The standard InChI is InChI=1S/C4H11O7P.Zn/c1-2-3(4(5,6)7)11-12(8,9)10;/h3,5-7H,2H2,1H3,(H2,8,9,10);/q;+2/p-2. The molecule has 0 aliphatic heterocycles. The largest absolute Gasteiger partial charge is 2.00 e. The van der Waals surface area contributed by atoms with E-state index in [1.54, 1.807) is 0 Å². The monoisotopic (exact) mass is 264 g/mol. The summed E-state index contributed by atoms with van der Waals surface area (Å²) in [6.45, 7) is 1.30. The minimum Gasteiger partial charge on any atom is -0.790 e. The molecule has 74 valence electrons. The molecule has 0 fully saturated rings. The predicted molar refractivity (Wildman–Crippen MR) is 32.2 cm³/mol. The van der Waals surface area contributed by atoms with Gasteiger partial charge < -0.3 is 34.2 Å². The van der Waals surface area contributed by atoms with Crippen LogP contribution in [0.25, 0.3) is 0 Å². The summed E-state index contributed by atoms with van der Waals surface area (Å²) in [7, 11) is -5.31. The molecule has 3 N–H and O–H groups in total. The molecule has 0 rings (SSSR count). The van der Waals surface area contributed by atoms with Crippen LogP contribution in [0.15, 0.2) is 0 Å². The van der Waals surface area contributed by atoms with Gasteiger partial charge in [0.1, 0.15) is 6.10 Å². The van der Waals surface area contributed by atoms with E-state index in [0.717, 1.165) is 0 Å². The van der Waals surface area contributed by atoms with Crippen LogP contribution in [-0.4, -0.2) is 27.4 Å². The van der Waals surface area contributed by atoms with Crippen LogP contribution in [0.4, 0.5) is 0 Å². The fourth-order valence-electron chi connectivity index (χ4n) is 0.575. The number of hydrogen-bond donors (Lipinski definition) is 3. The first-order chi connectivity index (χ1) is 5.17. The van der Waals surface area contributed by atoms with E-state index in [4.69, 9.17) is 15.3 Å². The van der Waals surface area contributed by atoms with Crippen molar-refractivity contribution in [2.24, 2.45) is 0 Å². The first kappa shape index (κ1) is 16.1. The normalized spacial score (nSPS) is 14.9. The second kappa shape index (κ2) is 5.48. The zero-order valence-electron chi connectivity index (χ0n) is 6.91. The van der Waals surface area contributed by atoms with Crippen molar-refractivity contribution < 1.29 is 53.7 Å². The van der Waals surface area contributed by atoms with Crippen LogP contribution in [0.3, 0.4) is 0 Å². The molecular formula is C4H9O7PZn. The molecule has 0 spiro atoms. The number of rotatable bonds is 4. The van der Waals surface area contributed by atoms with Crippen molar-refractivity contribution in [2.75, 3.05) is 0 Å². The minimum absolute atomic E-state index is 0. The smallest absolute Gasteiger partial charge is 0.790 e. The molecule has 0 saturated heterocycles. The van der Waals surface area contributed by atoms with Gasteiger partial charge in [-0.05, 0) is 6.42 Å². The number of aliphatic hydroxyl groups is 3. The molecule has 0 aromatic carbocycles. The Morgan fingerprint density at radius 2 is 1.85 bits per heavy atom. The summed E-state index contributed by atoms with van der Waals surface area (Å²) in [6.07, 6.45) is -2.10. The van der Waals surface area contributed by atoms with Crippen molar-refractivity contribution in [3.8, 4) is 0 Å². The van der Waals surface area contributed by atoms with Crippen LogP contribution in [0.2, 0.25) is 0 Å². The molecular weight excluding hydrogens is 256 g/mol. The van der Waals surface area contributed by atoms with Gasteiger partial charge in [-0.3, -0.25) is 0 Å². The van der Waals surface area contributed by atoms with Gasteiger partial charge >= 0.3 is 25.5 Å². The Bertz CT molecular complexity index is 183. The molecule has 0 aromatic rings. The van der Waals surface area contributed by atoms with E-state index < -0.39 is 19.9 Å². The third-order valence-electron chi connectivity index (χ3n) is 1.06. The quantitative estimate of drug-likeness (QED) is 0.285. The van der Waals surface area contributed by atoms with E-state index in [1.807, 2.05) is 0 Å². The number of hydrogen-bond acceptors (Lipinski definition) is 7. The third-order valence-corrected chi connectivity index (χ3v) is 1.57. The van der Waals surface area contributed by atoms with Gasteiger partial charge in [0.2, 0.25) is 0 Å². The molecule has 0 radical (unpaired) electrons. The van der Waals surface area contributed by atoms with Crippen molar-refractivity contribution in [1.82, 2.24) is 0 Å². The van der Waals surface area contributed by atoms with E-state index in [0.29, 0.717) is 0 Å². The molecule has 0 saturated carbocycles. The van der Waals surface area contributed by atoms with E-state index in [2.05, 4.69) is 4.52 Å². The van der Waals surface area contributed by atoms with Crippen LogP contribution in [0, 0.1) is 0 Å². The van der Waals surface area contributed by atoms with Crippen molar-refractivity contribution in [3.05, 3.63) is 0 Å². The number of phosphoric acid groups is 1. The summed E-state index contributed by atoms with van der Waals surface area (Å²) in [5, 5.41) is 25.3. The predicted octanol–water partition coefficient (Wildman–Crippen LogP) is -2.76. The Kier molecular flexibility index (Phi) is 6.77. The minimum atomic E-state index is -5.31. The van der Waals surface area contributed by atoms with Gasteiger partial charge in [0.15, 0.2) is 0 Å². The van der Waals surface area contributed by atoms with E-state index in [1.165, 1.54) is 6.92 Å². The first-order valence-electron chi connectivity index (χ1n) is 3.04. The molecule has 0 bridgehead atoms. The van der Waals surface area contributed by atoms with Crippen LogP contribution in [0.1, 0.15) is 13.3 Å². The maximum atomic E-state index is 9.96. The Labute approximate surface area is 87.4 Å². The molecule has 0 heterocycles. The molecule has 9 heteroatoms. The first-order valence-corrected chi connectivity index (χ1v) is 4.50. The van der Waals surface area contributed by atoms with Gasteiger partial charge in [0, 0.05) is 0 Å². The average molecular weight is 265 g/mol. The number of phosphoric ester groups is 1. The maximum absolute atomic E-state index is 9.96. The molecule has 7 nitrogen and oxygen atoms in total. The van der Waals surface area contributed by atoms with Gasteiger partial charge in [-0.2, -0.15) is 0 Å². The molecule has 0 aromatic heterocycles.